The summed E-state index contributed by atoms with van der Waals surface area (Å²) in [6.45, 7) is 0.755. The molecule has 1 saturated heterocycles. The average Bonchev–Trinajstić information content (AvgIpc) is 3.48. The number of carbonyl (C=O) groups is 2. The van der Waals surface area contributed by atoms with E-state index in [1.54, 1.807) is 42.0 Å². The lowest BCUT2D eigenvalue weighted by molar-refractivity contribution is -0.140. The van der Waals surface area contributed by atoms with E-state index in [0.717, 1.165) is 5.56 Å². The molecule has 3 heterocycles. The van der Waals surface area contributed by atoms with Crippen LogP contribution in [-0.2, 0) is 14.6 Å². The molecule has 10 heteroatoms. The first-order chi connectivity index (χ1) is 15.0. The van der Waals surface area contributed by atoms with Gasteiger partial charge >= 0.3 is 0 Å². The number of sulfone groups is 1. The van der Waals surface area contributed by atoms with Crippen LogP contribution in [0.5, 0.6) is 0 Å². The van der Waals surface area contributed by atoms with Crippen molar-refractivity contribution in [1.82, 2.24) is 20.0 Å². The lowest BCUT2D eigenvalue weighted by atomic mass is 10.3. The molecule has 0 unspecified atom stereocenters. The van der Waals surface area contributed by atoms with Crippen LogP contribution in [0.15, 0.2) is 65.1 Å². The summed E-state index contributed by atoms with van der Waals surface area (Å²) in [5, 5.41) is 5.03. The van der Waals surface area contributed by atoms with Gasteiger partial charge in [0.05, 0.1) is 10.6 Å². The zero-order valence-corrected chi connectivity index (χ0v) is 18.2. The second kappa shape index (κ2) is 8.94. The molecule has 2 amide bonds. The fourth-order valence-electron chi connectivity index (χ4n) is 3.30. The van der Waals surface area contributed by atoms with Crippen molar-refractivity contribution in [3.63, 3.8) is 0 Å². The Morgan fingerprint density at radius 2 is 1.81 bits per heavy atom. The van der Waals surface area contributed by atoms with Gasteiger partial charge in [-0.25, -0.2) is 18.4 Å². The van der Waals surface area contributed by atoms with Gasteiger partial charge in [0.25, 0.3) is 5.91 Å². The van der Waals surface area contributed by atoms with Gasteiger partial charge in [0.2, 0.25) is 5.91 Å². The molecule has 2 aromatic heterocycles. The number of thiazole rings is 1. The highest BCUT2D eigenvalue weighted by Crippen LogP contribution is 2.25. The third kappa shape index (κ3) is 4.64. The SMILES string of the molecule is O=C(CCS(=O)(=O)c1ccccc1)N1CCCN1C(=O)c1csc(-c2cccnc2)n1. The Kier molecular flexibility index (Phi) is 6.10. The number of pyridine rings is 1. The molecule has 0 spiro atoms. The number of aromatic nitrogens is 2. The second-order valence-electron chi connectivity index (χ2n) is 6.96. The van der Waals surface area contributed by atoms with Crippen molar-refractivity contribution in [2.75, 3.05) is 18.8 Å². The van der Waals surface area contributed by atoms with Crippen LogP contribution in [0.4, 0.5) is 0 Å². The maximum absolute atomic E-state index is 13.0. The second-order valence-corrected chi connectivity index (χ2v) is 9.93. The minimum absolute atomic E-state index is 0.183. The summed E-state index contributed by atoms with van der Waals surface area (Å²) in [6.07, 6.45) is 3.77. The highest BCUT2D eigenvalue weighted by atomic mass is 32.2. The summed E-state index contributed by atoms with van der Waals surface area (Å²) in [7, 11) is -3.57. The number of hydrogen-bond acceptors (Lipinski definition) is 7. The van der Waals surface area contributed by atoms with E-state index in [-0.39, 0.29) is 28.7 Å². The fraction of sp³-hybridized carbons (Fsp3) is 0.238. The highest BCUT2D eigenvalue weighted by Gasteiger charge is 2.33. The summed E-state index contributed by atoms with van der Waals surface area (Å²) < 4.78 is 24.9. The van der Waals surface area contributed by atoms with Gasteiger partial charge in [-0.2, -0.15) is 0 Å². The number of rotatable bonds is 6. The first-order valence-electron chi connectivity index (χ1n) is 9.71. The molecule has 8 nitrogen and oxygen atoms in total. The molecular weight excluding hydrogens is 436 g/mol. The molecule has 0 aliphatic carbocycles. The van der Waals surface area contributed by atoms with Gasteiger partial charge in [-0.05, 0) is 30.7 Å². The monoisotopic (exact) mass is 456 g/mol. The Hall–Kier alpha value is -3.11. The molecule has 31 heavy (non-hydrogen) atoms. The van der Waals surface area contributed by atoms with E-state index in [4.69, 9.17) is 0 Å². The Bertz CT molecular complexity index is 1180. The topological polar surface area (TPSA) is 101 Å². The van der Waals surface area contributed by atoms with Crippen molar-refractivity contribution >= 4 is 33.0 Å². The van der Waals surface area contributed by atoms with E-state index in [9.17, 15) is 18.0 Å². The number of benzene rings is 1. The smallest absolute Gasteiger partial charge is 0.273 e. The molecule has 0 saturated carbocycles. The number of hydrogen-bond donors (Lipinski definition) is 0. The van der Waals surface area contributed by atoms with Gasteiger partial charge < -0.3 is 0 Å². The van der Waals surface area contributed by atoms with Crippen LogP contribution < -0.4 is 0 Å². The summed E-state index contributed by atoms with van der Waals surface area (Å²) in [5.74, 6) is -1.08. The lowest BCUT2D eigenvalue weighted by Gasteiger charge is -2.27. The van der Waals surface area contributed by atoms with Crippen molar-refractivity contribution in [3.05, 3.63) is 65.9 Å². The normalized spacial score (nSPS) is 14.1. The maximum Gasteiger partial charge on any atom is 0.291 e. The molecule has 1 aliphatic heterocycles. The van der Waals surface area contributed by atoms with E-state index in [1.807, 2.05) is 6.07 Å². The van der Waals surface area contributed by atoms with Crippen LogP contribution >= 0.6 is 11.3 Å². The van der Waals surface area contributed by atoms with Gasteiger partial charge in [0.15, 0.2) is 9.84 Å². The molecule has 1 aromatic carbocycles. The molecule has 1 fully saturated rings. The third-order valence-corrected chi connectivity index (χ3v) is 7.50. The number of amides is 2. The van der Waals surface area contributed by atoms with Crippen molar-refractivity contribution in [2.24, 2.45) is 0 Å². The van der Waals surface area contributed by atoms with Crippen molar-refractivity contribution in [1.29, 1.82) is 0 Å². The zero-order chi connectivity index (χ0) is 21.8. The summed E-state index contributed by atoms with van der Waals surface area (Å²) >= 11 is 1.33. The predicted octanol–water partition coefficient (Wildman–Crippen LogP) is 2.66. The average molecular weight is 457 g/mol. The summed E-state index contributed by atoms with van der Waals surface area (Å²) in [5.41, 5.74) is 1.06. The molecule has 4 rings (SSSR count). The molecule has 0 bridgehead atoms. The van der Waals surface area contributed by atoms with Gasteiger partial charge in [-0.1, -0.05) is 18.2 Å². The Morgan fingerprint density at radius 3 is 2.55 bits per heavy atom. The van der Waals surface area contributed by atoms with E-state index in [1.165, 1.54) is 33.5 Å². The van der Waals surface area contributed by atoms with Crippen molar-refractivity contribution in [2.45, 2.75) is 17.7 Å². The molecular formula is C21H20N4O4S2. The van der Waals surface area contributed by atoms with Crippen LogP contribution in [0, 0.1) is 0 Å². The van der Waals surface area contributed by atoms with Gasteiger partial charge in [-0.15, -0.1) is 11.3 Å². The minimum Gasteiger partial charge on any atom is -0.273 e. The Balaban J connectivity index is 1.43. The standard InChI is InChI=1S/C21H20N4O4S2/c26-19(9-13-31(28,29)17-7-2-1-3-8-17)24-11-5-12-25(24)21(27)18-15-30-20(23-18)16-6-4-10-22-14-16/h1-4,6-8,10,14-15H,5,9,11-13H2. The van der Waals surface area contributed by atoms with Crippen LogP contribution in [0.25, 0.3) is 10.6 Å². The maximum atomic E-state index is 13.0. The molecule has 1 aliphatic rings. The summed E-state index contributed by atoms with van der Waals surface area (Å²) in [6, 6.07) is 11.7. The Morgan fingerprint density at radius 1 is 1.03 bits per heavy atom. The Labute approximate surface area is 184 Å². The number of nitrogens with zero attached hydrogens (tertiary/aromatic N) is 4. The molecule has 0 atom stereocenters. The van der Waals surface area contributed by atoms with Gasteiger partial charge in [0, 0.05) is 42.8 Å². The first-order valence-corrected chi connectivity index (χ1v) is 12.2. The van der Waals surface area contributed by atoms with Crippen LogP contribution in [-0.4, -0.2) is 59.1 Å². The van der Waals surface area contributed by atoms with E-state index in [0.29, 0.717) is 24.5 Å². The molecule has 3 aromatic rings. The lowest BCUT2D eigenvalue weighted by Crippen LogP contribution is -2.45. The largest absolute Gasteiger partial charge is 0.291 e. The number of carbonyl (C=O) groups excluding carboxylic acids is 2. The van der Waals surface area contributed by atoms with E-state index < -0.39 is 15.7 Å². The zero-order valence-electron chi connectivity index (χ0n) is 16.5. The van der Waals surface area contributed by atoms with Gasteiger partial charge in [-0.3, -0.25) is 19.6 Å². The third-order valence-electron chi connectivity index (χ3n) is 4.87. The minimum atomic E-state index is -3.57. The molecule has 0 radical (unpaired) electrons. The van der Waals surface area contributed by atoms with Crippen LogP contribution in [0.2, 0.25) is 0 Å². The fourth-order valence-corrected chi connectivity index (χ4v) is 5.34. The van der Waals surface area contributed by atoms with Crippen molar-refractivity contribution in [3.8, 4) is 10.6 Å². The quantitative estimate of drug-likeness (QED) is 0.565. The first kappa shape index (κ1) is 21.1. The van der Waals surface area contributed by atoms with Crippen LogP contribution in [0.3, 0.4) is 0 Å². The highest BCUT2D eigenvalue weighted by molar-refractivity contribution is 7.91. The molecule has 0 N–H and O–H groups in total. The summed E-state index contributed by atoms with van der Waals surface area (Å²) in [4.78, 5) is 34.3. The predicted molar refractivity (Wildman–Crippen MR) is 116 cm³/mol. The molecule has 160 valence electrons. The van der Waals surface area contributed by atoms with Crippen LogP contribution in [0.1, 0.15) is 23.3 Å². The van der Waals surface area contributed by atoms with E-state index >= 15 is 0 Å². The number of hydrazine groups is 1. The van der Waals surface area contributed by atoms with Crippen molar-refractivity contribution < 1.29 is 18.0 Å². The van der Waals surface area contributed by atoms with Gasteiger partial charge in [0.1, 0.15) is 10.7 Å². The van der Waals surface area contributed by atoms with E-state index in [2.05, 4.69) is 9.97 Å².